The molecule has 11 heavy (non-hydrogen) atoms. The quantitative estimate of drug-likeness (QED) is 0.356. The van der Waals surface area contributed by atoms with Crippen LogP contribution in [0.1, 0.15) is 0 Å². The molecule has 0 spiro atoms. The van der Waals surface area contributed by atoms with Crippen molar-refractivity contribution in [2.45, 2.75) is 0 Å². The van der Waals surface area contributed by atoms with Crippen LogP contribution in [0.15, 0.2) is 0 Å². The molecule has 68 valence electrons. The second kappa shape index (κ2) is 22.4. The molecule has 0 heterocycles. The van der Waals surface area contributed by atoms with Gasteiger partial charge < -0.3 is 12.5 Å². The zero-order valence-electron chi connectivity index (χ0n) is 5.63. The van der Waals surface area contributed by atoms with E-state index >= 15 is 0 Å². The number of aliphatic hydroxyl groups excluding tert-OH is 1. The molecule has 0 saturated carbocycles. The topological polar surface area (TPSA) is 104 Å². The van der Waals surface area contributed by atoms with E-state index < -0.39 is 23.7 Å². The maximum absolute atomic E-state index is 9.37. The Morgan fingerprint density at radius 1 is 1.55 bits per heavy atom. The van der Waals surface area contributed by atoms with E-state index in [0.29, 0.717) is 0 Å². The first kappa shape index (κ1) is 22.6. The molecule has 0 aliphatic carbocycles. The number of rotatable bonds is 2. The van der Waals surface area contributed by atoms with Gasteiger partial charge in [-0.15, -0.1) is 4.89 Å². The Hall–Kier alpha value is 0.728. The molecular formula is C2H9O6P2W+. The fourth-order valence-corrected chi connectivity index (χ4v) is 0.148. The van der Waals surface area contributed by atoms with E-state index in [9.17, 15) is 4.57 Å². The Kier molecular flexibility index (Phi) is 46.1. The molecular weight excluding hydrogens is 366 g/mol. The molecule has 0 radical (unpaired) electrons. The molecule has 3 N–H and O–H groups in total. The average Bonchev–Trinajstić information content (AvgIpc) is 1.67. The van der Waals surface area contributed by atoms with Gasteiger partial charge in [0.15, 0.2) is 0 Å². The van der Waals surface area contributed by atoms with Gasteiger partial charge in [0.05, 0.1) is 0 Å². The van der Waals surface area contributed by atoms with Gasteiger partial charge in [-0.3, -0.25) is 0 Å². The molecule has 0 aliphatic rings. The standard InChI is InChI=1S/CH3O4P.CH3.HO2P.W/c2-1-5-6(3)4;;1-3-2;/h2H,1H2;1H3;3H;/q;-1;;/p+2. The van der Waals surface area contributed by atoms with E-state index in [4.69, 9.17) is 19.5 Å². The van der Waals surface area contributed by atoms with Crippen molar-refractivity contribution in [2.75, 3.05) is 6.79 Å². The van der Waals surface area contributed by atoms with Crippen LogP contribution in [0.3, 0.4) is 0 Å². The van der Waals surface area contributed by atoms with E-state index in [1.54, 1.807) is 0 Å². The van der Waals surface area contributed by atoms with Crippen LogP contribution in [0.4, 0.5) is 0 Å². The van der Waals surface area contributed by atoms with Crippen LogP contribution in [-0.4, -0.2) is 21.7 Å². The molecule has 6 nitrogen and oxygen atoms in total. The maximum atomic E-state index is 9.37. The first-order valence-corrected chi connectivity index (χ1v) is 3.58. The average molecular weight is 375 g/mol. The van der Waals surface area contributed by atoms with Crippen molar-refractivity contribution in [2.24, 2.45) is 0 Å². The summed E-state index contributed by atoms with van der Waals surface area (Å²) in [6.07, 6.45) is 0. The Bertz CT molecular complexity index is 88.7. The molecule has 9 heteroatoms. The third-order valence-electron chi connectivity index (χ3n) is 0.168. The molecule has 2 atom stereocenters. The zero-order valence-corrected chi connectivity index (χ0v) is 10.5. The maximum Gasteiger partial charge on any atom is 0.697 e. The molecule has 0 aromatic carbocycles. The van der Waals surface area contributed by atoms with E-state index in [1.165, 1.54) is 0 Å². The Balaban J connectivity index is -0.0000000437. The summed E-state index contributed by atoms with van der Waals surface area (Å²) >= 11 is 0. The molecule has 0 aromatic heterocycles. The van der Waals surface area contributed by atoms with Crippen molar-refractivity contribution in [3.05, 3.63) is 7.43 Å². The smallest absolute Gasteiger partial charge is 0.367 e. The van der Waals surface area contributed by atoms with Crippen molar-refractivity contribution >= 4 is 16.9 Å². The predicted molar refractivity (Wildman–Crippen MR) is 35.6 cm³/mol. The fraction of sp³-hybridized carbons (Fsp3) is 0.500. The molecule has 0 rings (SSSR count). The van der Waals surface area contributed by atoms with Gasteiger partial charge in [-0.25, -0.2) is 0 Å². The van der Waals surface area contributed by atoms with Gasteiger partial charge in [0.25, 0.3) is 0 Å². The first-order valence-electron chi connectivity index (χ1n) is 1.60. The second-order valence-electron chi connectivity index (χ2n) is 0.587. The van der Waals surface area contributed by atoms with Gasteiger partial charge in [0.2, 0.25) is 6.79 Å². The summed E-state index contributed by atoms with van der Waals surface area (Å²) in [6.45, 7) is -0.703. The van der Waals surface area contributed by atoms with Crippen LogP contribution in [0.2, 0.25) is 0 Å². The number of hydrogen-bond acceptors (Lipinski definition) is 4. The van der Waals surface area contributed by atoms with Crippen molar-refractivity contribution in [3.8, 4) is 0 Å². The van der Waals surface area contributed by atoms with Crippen LogP contribution in [0, 0.1) is 7.43 Å². The van der Waals surface area contributed by atoms with Crippen molar-refractivity contribution < 1.29 is 49.6 Å². The summed E-state index contributed by atoms with van der Waals surface area (Å²) in [6, 6.07) is 0. The van der Waals surface area contributed by atoms with Gasteiger partial charge >= 0.3 is 16.9 Å². The number of hydrogen-bond donors (Lipinski definition) is 3. The monoisotopic (exact) mass is 375 g/mol. The minimum Gasteiger partial charge on any atom is -0.367 e. The van der Waals surface area contributed by atoms with Gasteiger partial charge in [-0.1, -0.05) is 4.52 Å². The van der Waals surface area contributed by atoms with Gasteiger partial charge in [0.1, 0.15) is 0 Å². The van der Waals surface area contributed by atoms with Gasteiger partial charge in [0, 0.05) is 25.6 Å². The van der Waals surface area contributed by atoms with Gasteiger partial charge in [-0.05, 0) is 4.57 Å². The first-order chi connectivity index (χ1) is 4.18. The summed E-state index contributed by atoms with van der Waals surface area (Å²) in [5.41, 5.74) is 0. The van der Waals surface area contributed by atoms with E-state index in [-0.39, 0.29) is 28.5 Å². The van der Waals surface area contributed by atoms with Crippen molar-refractivity contribution in [1.82, 2.24) is 0 Å². The third kappa shape index (κ3) is 58.8. The van der Waals surface area contributed by atoms with Crippen LogP contribution in [0.25, 0.3) is 0 Å². The molecule has 0 aromatic rings. The third-order valence-corrected chi connectivity index (χ3v) is 0.505. The summed E-state index contributed by atoms with van der Waals surface area (Å²) in [4.78, 5) is 14.7. The van der Waals surface area contributed by atoms with E-state index in [0.717, 1.165) is 0 Å². The summed E-state index contributed by atoms with van der Waals surface area (Å²) in [7, 11) is -3.77. The molecule has 2 unspecified atom stereocenters. The van der Waals surface area contributed by atoms with Gasteiger partial charge in [-0.2, -0.15) is 4.89 Å². The Morgan fingerprint density at radius 2 is 1.82 bits per heavy atom. The minimum absolute atomic E-state index is 0. The molecule has 0 saturated heterocycles. The Labute approximate surface area is 81.1 Å². The SMILES string of the molecule is O=[P+](O)OCO.O=[PH+]O.[CH3-].[W]. The van der Waals surface area contributed by atoms with Crippen LogP contribution in [-0.2, 0) is 34.7 Å². The molecule has 0 amide bonds. The zero-order chi connectivity index (χ0) is 7.70. The molecule has 0 fully saturated rings. The molecule has 0 bridgehead atoms. The summed E-state index contributed by atoms with van der Waals surface area (Å²) in [5, 5.41) is 7.67. The summed E-state index contributed by atoms with van der Waals surface area (Å²) < 4.78 is 21.5. The van der Waals surface area contributed by atoms with Crippen LogP contribution in [0.5, 0.6) is 0 Å². The number of aliphatic hydroxyl groups is 1. The molecule has 0 aliphatic heterocycles. The summed E-state index contributed by atoms with van der Waals surface area (Å²) in [5.74, 6) is 0. The largest absolute Gasteiger partial charge is 0.697 e. The second-order valence-corrected chi connectivity index (χ2v) is 1.50. The van der Waals surface area contributed by atoms with E-state index in [2.05, 4.69) is 4.52 Å². The van der Waals surface area contributed by atoms with Crippen LogP contribution >= 0.6 is 16.9 Å². The normalized spacial score (nSPS) is 8.09. The minimum atomic E-state index is -2.60. The van der Waals surface area contributed by atoms with Crippen molar-refractivity contribution in [1.29, 1.82) is 0 Å². The van der Waals surface area contributed by atoms with Crippen molar-refractivity contribution in [3.63, 3.8) is 0 Å². The fourth-order valence-electron chi connectivity index (χ4n) is 0.0494. The van der Waals surface area contributed by atoms with Crippen LogP contribution < -0.4 is 0 Å². The predicted octanol–water partition coefficient (Wildman–Crippen LogP) is -0.0320. The van der Waals surface area contributed by atoms with E-state index in [1.807, 2.05) is 0 Å². The Morgan fingerprint density at radius 3 is 1.82 bits per heavy atom.